The van der Waals surface area contributed by atoms with Crippen molar-refractivity contribution in [1.82, 2.24) is 0 Å². The van der Waals surface area contributed by atoms with Gasteiger partial charge in [-0.25, -0.2) is 0 Å². The molecule has 0 N–H and O–H groups in total. The topological polar surface area (TPSA) is 3.24 Å². The molecule has 0 fully saturated rings. The molecule has 0 amide bonds. The lowest BCUT2D eigenvalue weighted by atomic mass is 9.82. The molecule has 1 unspecified atom stereocenters. The van der Waals surface area contributed by atoms with Crippen LogP contribution in [0.1, 0.15) is 54.1 Å². The third kappa shape index (κ3) is 4.23. The first-order valence-corrected chi connectivity index (χ1v) is 22.2. The van der Waals surface area contributed by atoms with E-state index >= 15 is 0 Å². The number of hydrogen-bond donors (Lipinski definition) is 0. The number of fused-ring (bicyclic) bond motifs is 3. The molecule has 0 spiro atoms. The second-order valence-electron chi connectivity index (χ2n) is 18.8. The molecule has 0 saturated heterocycles. The monoisotopic (exact) mass is 785 g/mol. The van der Waals surface area contributed by atoms with Crippen LogP contribution in [-0.2, 0) is 5.41 Å². The number of rotatable bonds is 3. The molecule has 12 aromatic rings. The molecule has 62 heavy (non-hydrogen) atoms. The van der Waals surface area contributed by atoms with Gasteiger partial charge in [-0.15, -0.1) is 0 Å². The zero-order chi connectivity index (χ0) is 40.6. The summed E-state index contributed by atoms with van der Waals surface area (Å²) in [5.41, 5.74) is 16.1. The molecule has 1 aliphatic heterocycles. The van der Waals surface area contributed by atoms with Gasteiger partial charge in [0.25, 0.3) is 0 Å². The van der Waals surface area contributed by atoms with Gasteiger partial charge in [0, 0.05) is 16.5 Å². The summed E-state index contributed by atoms with van der Waals surface area (Å²) >= 11 is 0. The zero-order valence-corrected chi connectivity index (χ0v) is 34.6. The summed E-state index contributed by atoms with van der Waals surface area (Å²) in [6.07, 6.45) is 3.42. The largest absolute Gasteiger partial charge is 0.333 e. The average Bonchev–Trinajstić information content (AvgIpc) is 3.77. The zero-order valence-electron chi connectivity index (χ0n) is 34.6. The third-order valence-electron chi connectivity index (χ3n) is 15.3. The van der Waals surface area contributed by atoms with Crippen LogP contribution in [0, 0.1) is 0 Å². The van der Waals surface area contributed by atoms with Gasteiger partial charge in [0.1, 0.15) is 0 Å². The van der Waals surface area contributed by atoms with Crippen LogP contribution < -0.4 is 4.90 Å². The van der Waals surface area contributed by atoms with Gasteiger partial charge in [-0.3, -0.25) is 0 Å². The molecule has 2 aliphatic carbocycles. The fourth-order valence-corrected chi connectivity index (χ4v) is 12.5. The minimum atomic E-state index is -0.0947. The predicted octanol–water partition coefficient (Wildman–Crippen LogP) is 16.7. The normalized spacial score (nSPS) is 16.2. The van der Waals surface area contributed by atoms with Crippen molar-refractivity contribution in [3.63, 3.8) is 0 Å². The van der Waals surface area contributed by atoms with E-state index in [2.05, 4.69) is 201 Å². The van der Waals surface area contributed by atoms with Crippen LogP contribution in [0.15, 0.2) is 176 Å². The maximum absolute atomic E-state index is 2.71. The fourth-order valence-electron chi connectivity index (χ4n) is 12.5. The van der Waals surface area contributed by atoms with E-state index in [9.17, 15) is 0 Å². The summed E-state index contributed by atoms with van der Waals surface area (Å²) in [5, 5.41) is 18.6. The SMILES string of the molecule is CC1(C)c2ccccc2-c2ccc(N3c4cc(-c5cc6ccc7cccc8ccc(c5)c6c78)cc5ccc6c(c45)C3CC(c3cc4ccc5cccc7ccc(c3)c4c57)=C6)cc21. The fraction of sp³-hybridized carbons (Fsp3) is 0.0820. The number of nitrogens with zero attached hydrogens (tertiary/aromatic N) is 1. The molecule has 1 heterocycles. The average molecular weight is 786 g/mol. The highest BCUT2D eigenvalue weighted by molar-refractivity contribution is 6.25. The molecule has 1 heteroatoms. The smallest absolute Gasteiger partial charge is 0.0645 e. The Bertz CT molecular complexity index is 3860. The Morgan fingerprint density at radius 2 is 0.919 bits per heavy atom. The van der Waals surface area contributed by atoms with Crippen molar-refractivity contribution in [3.05, 3.63) is 204 Å². The van der Waals surface area contributed by atoms with E-state index in [1.165, 1.54) is 142 Å². The van der Waals surface area contributed by atoms with Crippen LogP contribution in [0.4, 0.5) is 11.4 Å². The lowest BCUT2D eigenvalue weighted by Gasteiger charge is -2.33. The summed E-state index contributed by atoms with van der Waals surface area (Å²) in [7, 11) is 0. The Balaban J connectivity index is 0.942. The minimum absolute atomic E-state index is 0.0947. The minimum Gasteiger partial charge on any atom is -0.333 e. The van der Waals surface area contributed by atoms with Crippen LogP contribution >= 0.6 is 0 Å². The molecule has 0 bridgehead atoms. The van der Waals surface area contributed by atoms with Crippen LogP contribution in [0.2, 0.25) is 0 Å². The van der Waals surface area contributed by atoms with Crippen LogP contribution in [0.3, 0.4) is 0 Å². The third-order valence-corrected chi connectivity index (χ3v) is 15.3. The quantitative estimate of drug-likeness (QED) is 0.161. The van der Waals surface area contributed by atoms with E-state index in [0.29, 0.717) is 0 Å². The molecule has 0 saturated carbocycles. The van der Waals surface area contributed by atoms with Crippen molar-refractivity contribution in [3.8, 4) is 22.3 Å². The van der Waals surface area contributed by atoms with E-state index in [1.807, 2.05) is 0 Å². The van der Waals surface area contributed by atoms with E-state index < -0.39 is 0 Å². The highest BCUT2D eigenvalue weighted by atomic mass is 15.2. The molecule has 1 nitrogen and oxygen atoms in total. The molecule has 1 atom stereocenters. The van der Waals surface area contributed by atoms with Gasteiger partial charge in [-0.1, -0.05) is 147 Å². The Labute approximate surface area is 359 Å². The molecule has 0 aromatic heterocycles. The summed E-state index contributed by atoms with van der Waals surface area (Å²) in [4.78, 5) is 2.71. The second kappa shape index (κ2) is 11.5. The Morgan fingerprint density at radius 3 is 1.55 bits per heavy atom. The van der Waals surface area contributed by atoms with Gasteiger partial charge < -0.3 is 4.90 Å². The number of anilines is 2. The lowest BCUT2D eigenvalue weighted by Crippen LogP contribution is -2.22. The van der Waals surface area contributed by atoms with Gasteiger partial charge in [-0.2, -0.15) is 0 Å². The van der Waals surface area contributed by atoms with E-state index in [4.69, 9.17) is 0 Å². The maximum Gasteiger partial charge on any atom is 0.0645 e. The summed E-state index contributed by atoms with van der Waals surface area (Å²) in [5.74, 6) is 0. The highest BCUT2D eigenvalue weighted by Crippen LogP contribution is 2.58. The molecule has 15 rings (SSSR count). The lowest BCUT2D eigenvalue weighted by molar-refractivity contribution is 0.659. The van der Waals surface area contributed by atoms with Crippen molar-refractivity contribution in [2.24, 2.45) is 0 Å². The van der Waals surface area contributed by atoms with Crippen molar-refractivity contribution in [1.29, 1.82) is 0 Å². The van der Waals surface area contributed by atoms with Gasteiger partial charge >= 0.3 is 0 Å². The Hall–Kier alpha value is -7.48. The van der Waals surface area contributed by atoms with E-state index in [1.54, 1.807) is 0 Å². The standard InChI is InChI=1S/C61H39N/c1-61(2)51-12-4-3-11-49(51)50-24-23-48(33-52(50)61)62-53-31-46(44-25-38-17-13-34-7-5-8-35-14-18-39(26-44)57(38)55(34)35)29-42-21-22-43-30-47(32-54(62)60(43)59(42)53)45-27-40-19-15-36-9-6-10-37-16-20-41(28-45)58(40)56(36)37/h3-31,33,54H,32H2,1-2H3. The van der Waals surface area contributed by atoms with Crippen LogP contribution in [0.5, 0.6) is 0 Å². The highest BCUT2D eigenvalue weighted by Gasteiger charge is 2.40. The summed E-state index contributed by atoms with van der Waals surface area (Å²) in [6.45, 7) is 4.80. The number of hydrogen-bond acceptors (Lipinski definition) is 1. The molecule has 0 radical (unpaired) electrons. The first kappa shape index (κ1) is 33.3. The summed E-state index contributed by atoms with van der Waals surface area (Å²) < 4.78 is 0. The first-order valence-electron chi connectivity index (χ1n) is 22.2. The predicted molar refractivity (Wildman–Crippen MR) is 265 cm³/mol. The van der Waals surface area contributed by atoms with Crippen LogP contribution in [0.25, 0.3) is 109 Å². The van der Waals surface area contributed by atoms with Crippen molar-refractivity contribution < 1.29 is 0 Å². The first-order chi connectivity index (χ1) is 30.4. The molecular weight excluding hydrogens is 747 g/mol. The van der Waals surface area contributed by atoms with Crippen molar-refractivity contribution in [2.75, 3.05) is 4.90 Å². The van der Waals surface area contributed by atoms with Gasteiger partial charge in [0.2, 0.25) is 0 Å². The van der Waals surface area contributed by atoms with Crippen molar-refractivity contribution in [2.45, 2.75) is 31.7 Å². The van der Waals surface area contributed by atoms with Gasteiger partial charge in [0.15, 0.2) is 0 Å². The van der Waals surface area contributed by atoms with Crippen LogP contribution in [-0.4, -0.2) is 0 Å². The maximum atomic E-state index is 2.71. The van der Waals surface area contributed by atoms with Gasteiger partial charge in [0.05, 0.1) is 11.7 Å². The molecule has 12 aromatic carbocycles. The van der Waals surface area contributed by atoms with Gasteiger partial charge in [-0.05, 0) is 181 Å². The van der Waals surface area contributed by atoms with E-state index in [-0.39, 0.29) is 11.5 Å². The second-order valence-corrected chi connectivity index (χ2v) is 18.8. The molecule has 3 aliphatic rings. The number of benzene rings is 12. The Morgan fingerprint density at radius 1 is 0.419 bits per heavy atom. The molecular formula is C61H39N. The van der Waals surface area contributed by atoms with E-state index in [0.717, 1.165) is 6.42 Å². The van der Waals surface area contributed by atoms with Crippen molar-refractivity contribution >= 4 is 98.4 Å². The molecule has 288 valence electrons. The Kier molecular flexibility index (Phi) is 6.15. The summed E-state index contributed by atoms with van der Waals surface area (Å²) in [6, 6.07) is 67.8.